The maximum Gasteiger partial charge on any atom is 0.311 e. The summed E-state index contributed by atoms with van der Waals surface area (Å²) in [5.74, 6) is -0.524. The highest BCUT2D eigenvalue weighted by molar-refractivity contribution is 5.94. The van der Waals surface area contributed by atoms with Gasteiger partial charge in [-0.1, -0.05) is 0 Å². The number of hydrogen-bond donors (Lipinski definition) is 1. The van der Waals surface area contributed by atoms with Crippen molar-refractivity contribution in [2.75, 3.05) is 36.5 Å². The number of carbonyl (C=O) groups excluding carboxylic acids is 2. The summed E-state index contributed by atoms with van der Waals surface area (Å²) < 4.78 is 10.8. The second-order valence-electron chi connectivity index (χ2n) is 6.50. The zero-order valence-electron chi connectivity index (χ0n) is 15.9. The van der Waals surface area contributed by atoms with Crippen LogP contribution in [0, 0.1) is 10.1 Å². The Balaban J connectivity index is 1.63. The Bertz CT molecular complexity index is 894. The van der Waals surface area contributed by atoms with Crippen LogP contribution in [-0.2, 0) is 9.53 Å². The van der Waals surface area contributed by atoms with Crippen molar-refractivity contribution in [1.29, 1.82) is 0 Å². The van der Waals surface area contributed by atoms with Gasteiger partial charge >= 0.3 is 5.69 Å². The van der Waals surface area contributed by atoms with Crippen molar-refractivity contribution in [1.82, 2.24) is 0 Å². The minimum absolute atomic E-state index is 0.0779. The fraction of sp³-hybridized carbons (Fsp3) is 0.300. The van der Waals surface area contributed by atoms with E-state index in [1.807, 2.05) is 12.1 Å². The highest BCUT2D eigenvalue weighted by Crippen LogP contribution is 2.28. The first-order chi connectivity index (χ1) is 14.0. The molecule has 0 spiro atoms. The monoisotopic (exact) mass is 399 g/mol. The Morgan fingerprint density at radius 1 is 1.24 bits per heavy atom. The Kier molecular flexibility index (Phi) is 6.40. The van der Waals surface area contributed by atoms with E-state index in [0.717, 1.165) is 24.8 Å². The molecular formula is C20H21N3O6. The molecule has 1 aliphatic heterocycles. The first-order valence-electron chi connectivity index (χ1n) is 9.12. The quantitative estimate of drug-likeness (QED) is 0.433. The number of benzene rings is 2. The average molecular weight is 399 g/mol. The standard InChI is InChI=1S/C20H21N3O6/c1-14(29-19-7-2-15(13-24)12-18(19)23(26)27)20(25)21-16-3-5-17(6-4-16)22-8-10-28-11-9-22/h2-7,12-14H,8-11H2,1H3,(H,21,25)/t14-/m1/s1. The molecule has 0 radical (unpaired) electrons. The number of ether oxygens (including phenoxy) is 2. The maximum absolute atomic E-state index is 12.4. The SMILES string of the molecule is C[C@@H](Oc1ccc(C=O)cc1[N+](=O)[O-])C(=O)Nc1ccc(N2CCOCC2)cc1. The van der Waals surface area contributed by atoms with Crippen LogP contribution in [0.2, 0.25) is 0 Å². The van der Waals surface area contributed by atoms with E-state index in [-0.39, 0.29) is 17.0 Å². The van der Waals surface area contributed by atoms with E-state index in [1.165, 1.54) is 19.1 Å². The zero-order chi connectivity index (χ0) is 20.8. The van der Waals surface area contributed by atoms with Crippen LogP contribution in [-0.4, -0.2) is 49.5 Å². The number of rotatable bonds is 7. The predicted molar refractivity (Wildman–Crippen MR) is 107 cm³/mol. The van der Waals surface area contributed by atoms with E-state index in [1.54, 1.807) is 12.1 Å². The summed E-state index contributed by atoms with van der Waals surface area (Å²) in [5.41, 5.74) is 1.42. The van der Waals surface area contributed by atoms with Crippen molar-refractivity contribution >= 4 is 29.3 Å². The lowest BCUT2D eigenvalue weighted by atomic mass is 10.2. The number of nitrogens with one attached hydrogen (secondary N) is 1. The van der Waals surface area contributed by atoms with Crippen LogP contribution < -0.4 is 15.0 Å². The third kappa shape index (κ3) is 5.08. The smallest absolute Gasteiger partial charge is 0.311 e. The Labute approximate surface area is 167 Å². The number of amides is 1. The number of morpholine rings is 1. The molecule has 1 heterocycles. The summed E-state index contributed by atoms with van der Waals surface area (Å²) in [6.45, 7) is 4.51. The van der Waals surface area contributed by atoms with Crippen molar-refractivity contribution in [2.45, 2.75) is 13.0 Å². The topological polar surface area (TPSA) is 111 Å². The third-order valence-corrected chi connectivity index (χ3v) is 4.50. The highest BCUT2D eigenvalue weighted by Gasteiger charge is 2.22. The van der Waals surface area contributed by atoms with Crippen molar-refractivity contribution in [3.8, 4) is 5.75 Å². The second-order valence-corrected chi connectivity index (χ2v) is 6.50. The fourth-order valence-corrected chi connectivity index (χ4v) is 2.92. The Hall–Kier alpha value is -3.46. The molecule has 1 fully saturated rings. The summed E-state index contributed by atoms with van der Waals surface area (Å²) >= 11 is 0. The van der Waals surface area contributed by atoms with Crippen LogP contribution >= 0.6 is 0 Å². The van der Waals surface area contributed by atoms with Crippen molar-refractivity contribution in [3.05, 3.63) is 58.1 Å². The molecule has 0 bridgehead atoms. The Morgan fingerprint density at radius 3 is 2.55 bits per heavy atom. The van der Waals surface area contributed by atoms with Gasteiger partial charge in [-0.3, -0.25) is 19.7 Å². The van der Waals surface area contributed by atoms with E-state index in [0.29, 0.717) is 25.2 Å². The molecule has 0 aliphatic carbocycles. The molecule has 1 saturated heterocycles. The minimum Gasteiger partial charge on any atom is -0.474 e. The molecule has 2 aromatic carbocycles. The van der Waals surface area contributed by atoms with E-state index < -0.39 is 16.9 Å². The third-order valence-electron chi connectivity index (χ3n) is 4.50. The van der Waals surface area contributed by atoms with E-state index in [9.17, 15) is 19.7 Å². The molecule has 9 nitrogen and oxygen atoms in total. The average Bonchev–Trinajstić information content (AvgIpc) is 2.75. The first-order valence-corrected chi connectivity index (χ1v) is 9.12. The van der Waals surface area contributed by atoms with Crippen molar-refractivity contribution in [3.63, 3.8) is 0 Å². The molecule has 9 heteroatoms. The number of carbonyl (C=O) groups is 2. The summed E-state index contributed by atoms with van der Waals surface area (Å²) in [5, 5.41) is 13.9. The molecule has 1 N–H and O–H groups in total. The van der Waals surface area contributed by atoms with Crippen LogP contribution in [0.25, 0.3) is 0 Å². The van der Waals surface area contributed by atoms with Crippen LogP contribution in [0.4, 0.5) is 17.1 Å². The summed E-state index contributed by atoms with van der Waals surface area (Å²) in [6.07, 6.45) is -0.470. The number of nitrogens with zero attached hydrogens (tertiary/aromatic N) is 2. The molecule has 2 aromatic rings. The lowest BCUT2D eigenvalue weighted by Gasteiger charge is -2.29. The second kappa shape index (κ2) is 9.16. The lowest BCUT2D eigenvalue weighted by Crippen LogP contribution is -2.36. The number of anilines is 2. The number of aldehydes is 1. The van der Waals surface area contributed by atoms with Gasteiger partial charge in [-0.2, -0.15) is 0 Å². The number of nitro groups is 1. The number of nitro benzene ring substituents is 1. The van der Waals surface area contributed by atoms with Crippen LogP contribution in [0.3, 0.4) is 0 Å². The fourth-order valence-electron chi connectivity index (χ4n) is 2.92. The predicted octanol–water partition coefficient (Wildman–Crippen LogP) is 2.65. The highest BCUT2D eigenvalue weighted by atomic mass is 16.6. The van der Waals surface area contributed by atoms with Gasteiger partial charge in [-0.25, -0.2) is 0 Å². The molecule has 0 unspecified atom stereocenters. The molecule has 29 heavy (non-hydrogen) atoms. The van der Waals surface area contributed by atoms with Gasteiger partial charge in [0.25, 0.3) is 5.91 Å². The summed E-state index contributed by atoms with van der Waals surface area (Å²) in [4.78, 5) is 36.0. The van der Waals surface area contributed by atoms with Gasteiger partial charge in [-0.15, -0.1) is 0 Å². The largest absolute Gasteiger partial charge is 0.474 e. The van der Waals surface area contributed by atoms with E-state index in [4.69, 9.17) is 9.47 Å². The molecule has 1 amide bonds. The van der Waals surface area contributed by atoms with Gasteiger partial charge in [0, 0.05) is 36.1 Å². The normalized spacial score (nSPS) is 14.7. The van der Waals surface area contributed by atoms with Crippen LogP contribution in [0.15, 0.2) is 42.5 Å². The molecule has 1 aliphatic rings. The van der Waals surface area contributed by atoms with Crippen molar-refractivity contribution in [2.24, 2.45) is 0 Å². The van der Waals surface area contributed by atoms with Crippen LogP contribution in [0.5, 0.6) is 5.75 Å². The van der Waals surface area contributed by atoms with Crippen LogP contribution in [0.1, 0.15) is 17.3 Å². The number of hydrogen-bond acceptors (Lipinski definition) is 7. The van der Waals surface area contributed by atoms with Gasteiger partial charge in [0.1, 0.15) is 6.29 Å². The maximum atomic E-state index is 12.4. The first kappa shape index (κ1) is 20.3. The summed E-state index contributed by atoms with van der Waals surface area (Å²) in [6, 6.07) is 11.2. The molecular weight excluding hydrogens is 378 g/mol. The molecule has 1 atom stereocenters. The molecule has 3 rings (SSSR count). The van der Waals surface area contributed by atoms with Gasteiger partial charge < -0.3 is 19.7 Å². The summed E-state index contributed by atoms with van der Waals surface area (Å²) in [7, 11) is 0. The van der Waals surface area contributed by atoms with Gasteiger partial charge in [0.15, 0.2) is 11.9 Å². The zero-order valence-corrected chi connectivity index (χ0v) is 15.9. The molecule has 152 valence electrons. The lowest BCUT2D eigenvalue weighted by molar-refractivity contribution is -0.386. The van der Waals surface area contributed by atoms with E-state index in [2.05, 4.69) is 10.2 Å². The van der Waals surface area contributed by atoms with Gasteiger partial charge in [0.2, 0.25) is 0 Å². The van der Waals surface area contributed by atoms with E-state index >= 15 is 0 Å². The van der Waals surface area contributed by atoms with Crippen molar-refractivity contribution < 1.29 is 24.0 Å². The molecule has 0 saturated carbocycles. The van der Waals surface area contributed by atoms with Gasteiger partial charge in [-0.05, 0) is 43.3 Å². The van der Waals surface area contributed by atoms with Gasteiger partial charge in [0.05, 0.1) is 18.1 Å². The Morgan fingerprint density at radius 2 is 1.93 bits per heavy atom. The minimum atomic E-state index is -0.977. The molecule has 0 aromatic heterocycles.